The number of nitrogens with two attached hydrogens (primary N) is 1. The first kappa shape index (κ1) is 25.9. The van der Waals surface area contributed by atoms with Crippen molar-refractivity contribution in [3.63, 3.8) is 0 Å². The highest BCUT2D eigenvalue weighted by Crippen LogP contribution is 2.53. The third-order valence-corrected chi connectivity index (χ3v) is 10.0. The van der Waals surface area contributed by atoms with E-state index in [2.05, 4.69) is 82.7 Å². The van der Waals surface area contributed by atoms with Gasteiger partial charge < -0.3 is 15.3 Å². The number of aromatic nitrogens is 4. The van der Waals surface area contributed by atoms with Gasteiger partial charge in [0.2, 0.25) is 0 Å². The Hall–Kier alpha value is -3.78. The van der Waals surface area contributed by atoms with Crippen molar-refractivity contribution >= 4 is 0 Å². The SMILES string of the molecule is CC1=C[C@@H](c2ncc(-c3ccc(-c4ccc(-c5cnc([C@@H]6C=C(C)CN6N)[nH]5)c5c4CC4(CCCC4)C5)cc3)[nH]2)NC1. The van der Waals surface area contributed by atoms with Gasteiger partial charge in [-0.1, -0.05) is 72.5 Å². The zero-order valence-electron chi connectivity index (χ0n) is 24.5. The number of nitrogens with one attached hydrogen (secondary N) is 3. The van der Waals surface area contributed by atoms with Crippen molar-refractivity contribution in [3.8, 4) is 33.6 Å². The van der Waals surface area contributed by atoms with Crippen LogP contribution in [0, 0.1) is 5.41 Å². The molecule has 0 amide bonds. The number of fused-ring (bicyclic) bond motifs is 1. The lowest BCUT2D eigenvalue weighted by atomic mass is 9.82. The van der Waals surface area contributed by atoms with Crippen LogP contribution in [0.2, 0.25) is 0 Å². The fourth-order valence-corrected chi connectivity index (χ4v) is 7.89. The molecular weight excluding hydrogens is 518 g/mol. The van der Waals surface area contributed by atoms with Crippen LogP contribution >= 0.6 is 0 Å². The molecule has 1 saturated carbocycles. The molecule has 1 fully saturated rings. The summed E-state index contributed by atoms with van der Waals surface area (Å²) in [6.45, 7) is 5.98. The van der Waals surface area contributed by atoms with Crippen LogP contribution in [-0.4, -0.2) is 38.0 Å². The van der Waals surface area contributed by atoms with Crippen LogP contribution in [0.15, 0.2) is 72.1 Å². The van der Waals surface area contributed by atoms with Crippen LogP contribution in [-0.2, 0) is 12.8 Å². The monoisotopic (exact) mass is 557 g/mol. The van der Waals surface area contributed by atoms with Gasteiger partial charge in [-0.05, 0) is 72.8 Å². The van der Waals surface area contributed by atoms with Crippen molar-refractivity contribution in [1.82, 2.24) is 30.3 Å². The summed E-state index contributed by atoms with van der Waals surface area (Å²) < 4.78 is 0. The zero-order chi connectivity index (χ0) is 28.4. The number of hydrogen-bond donors (Lipinski definition) is 4. The highest BCUT2D eigenvalue weighted by molar-refractivity contribution is 5.78. The lowest BCUT2D eigenvalue weighted by Gasteiger charge is -2.22. The molecule has 5 N–H and O–H groups in total. The second-order valence-corrected chi connectivity index (χ2v) is 13.1. The Kier molecular flexibility index (Phi) is 6.10. The molecule has 7 heteroatoms. The van der Waals surface area contributed by atoms with E-state index in [1.807, 2.05) is 17.4 Å². The van der Waals surface area contributed by atoms with E-state index in [0.717, 1.165) is 48.1 Å². The molecule has 2 aliphatic carbocycles. The molecule has 4 heterocycles. The quantitative estimate of drug-likeness (QED) is 0.165. The summed E-state index contributed by atoms with van der Waals surface area (Å²) >= 11 is 0. The molecule has 4 aromatic rings. The fourth-order valence-electron chi connectivity index (χ4n) is 7.89. The van der Waals surface area contributed by atoms with Gasteiger partial charge in [-0.2, -0.15) is 0 Å². The minimum absolute atomic E-state index is 0.00622. The van der Waals surface area contributed by atoms with Crippen molar-refractivity contribution in [2.24, 2.45) is 11.3 Å². The number of benzene rings is 2. The Bertz CT molecular complexity index is 1710. The molecule has 2 aliphatic heterocycles. The molecule has 2 aromatic heterocycles. The molecule has 0 radical (unpaired) electrons. The zero-order valence-corrected chi connectivity index (χ0v) is 24.5. The highest BCUT2D eigenvalue weighted by Gasteiger charge is 2.41. The van der Waals surface area contributed by atoms with Gasteiger partial charge in [0, 0.05) is 18.7 Å². The van der Waals surface area contributed by atoms with Gasteiger partial charge in [0.25, 0.3) is 0 Å². The molecule has 7 nitrogen and oxygen atoms in total. The molecule has 0 saturated heterocycles. The third-order valence-electron chi connectivity index (χ3n) is 10.0. The summed E-state index contributed by atoms with van der Waals surface area (Å²) in [5, 5.41) is 5.35. The van der Waals surface area contributed by atoms with Gasteiger partial charge in [-0.15, -0.1) is 0 Å². The first-order chi connectivity index (χ1) is 20.4. The number of H-pyrrole nitrogens is 2. The van der Waals surface area contributed by atoms with Crippen LogP contribution in [0.25, 0.3) is 33.6 Å². The number of hydrogen-bond acceptors (Lipinski definition) is 5. The lowest BCUT2D eigenvalue weighted by Crippen LogP contribution is -2.31. The maximum absolute atomic E-state index is 6.30. The Morgan fingerprint density at radius 1 is 0.786 bits per heavy atom. The first-order valence-corrected chi connectivity index (χ1v) is 15.4. The van der Waals surface area contributed by atoms with Crippen molar-refractivity contribution < 1.29 is 0 Å². The molecule has 8 rings (SSSR count). The van der Waals surface area contributed by atoms with Gasteiger partial charge in [0.1, 0.15) is 17.7 Å². The van der Waals surface area contributed by atoms with Crippen molar-refractivity contribution in [1.29, 1.82) is 0 Å². The molecule has 2 atom stereocenters. The number of hydrazine groups is 1. The first-order valence-electron chi connectivity index (χ1n) is 15.4. The molecule has 1 spiro atoms. The van der Waals surface area contributed by atoms with E-state index in [0.29, 0.717) is 5.41 Å². The van der Waals surface area contributed by atoms with Gasteiger partial charge in [0.05, 0.1) is 29.8 Å². The number of aromatic amines is 2. The average Bonchev–Trinajstić information content (AvgIpc) is 3.82. The number of imidazole rings is 2. The number of nitrogens with zero attached hydrogens (tertiary/aromatic N) is 3. The van der Waals surface area contributed by atoms with Gasteiger partial charge >= 0.3 is 0 Å². The van der Waals surface area contributed by atoms with E-state index in [1.165, 1.54) is 71.1 Å². The van der Waals surface area contributed by atoms with Crippen molar-refractivity contribution in [2.45, 2.75) is 64.5 Å². The van der Waals surface area contributed by atoms with Gasteiger partial charge in [-0.25, -0.2) is 15.0 Å². The van der Waals surface area contributed by atoms with E-state index in [1.54, 1.807) is 0 Å². The molecule has 214 valence electrons. The largest absolute Gasteiger partial charge is 0.340 e. The van der Waals surface area contributed by atoms with Crippen LogP contribution in [0.3, 0.4) is 0 Å². The van der Waals surface area contributed by atoms with E-state index >= 15 is 0 Å². The Morgan fingerprint density at radius 3 is 2.17 bits per heavy atom. The molecule has 42 heavy (non-hydrogen) atoms. The van der Waals surface area contributed by atoms with Gasteiger partial charge in [0.15, 0.2) is 0 Å². The molecular formula is C35H39N7. The summed E-state index contributed by atoms with van der Waals surface area (Å²) in [6.07, 6.45) is 16.1. The fraction of sp³-hybridized carbons (Fsp3) is 0.371. The lowest BCUT2D eigenvalue weighted by molar-refractivity contribution is 0.275. The standard InChI is InChI=1S/C35H39N7/c1-21-13-29(37-17-21)33-38-18-30(40-33)24-7-5-23(6-8-24)25-9-10-26(28-16-35(15-27(25)28)11-3-4-12-35)31-19-39-34(41-31)32-14-22(2)20-42(32)36/h5-10,13-14,18-19,29,32,37H,3-4,11-12,15-17,20,36H2,1-2H3,(H,38,40)(H,39,41)/t29-,32-/m0/s1. The third kappa shape index (κ3) is 4.39. The maximum Gasteiger partial charge on any atom is 0.129 e. The molecule has 0 bridgehead atoms. The highest BCUT2D eigenvalue weighted by atomic mass is 15.4. The van der Waals surface area contributed by atoms with Gasteiger partial charge in [-0.3, -0.25) is 5.84 Å². The second-order valence-electron chi connectivity index (χ2n) is 13.1. The van der Waals surface area contributed by atoms with E-state index in [4.69, 9.17) is 10.8 Å². The Labute approximate surface area is 247 Å². The topological polar surface area (TPSA) is 98.7 Å². The Morgan fingerprint density at radius 2 is 1.45 bits per heavy atom. The maximum atomic E-state index is 6.30. The smallest absolute Gasteiger partial charge is 0.129 e. The van der Waals surface area contributed by atoms with E-state index < -0.39 is 0 Å². The van der Waals surface area contributed by atoms with E-state index in [-0.39, 0.29) is 12.1 Å². The summed E-state index contributed by atoms with van der Waals surface area (Å²) in [5.74, 6) is 8.19. The molecule has 4 aliphatic rings. The summed E-state index contributed by atoms with van der Waals surface area (Å²) in [4.78, 5) is 16.6. The summed E-state index contributed by atoms with van der Waals surface area (Å²) in [7, 11) is 0. The van der Waals surface area contributed by atoms with Crippen LogP contribution < -0.4 is 11.2 Å². The summed E-state index contributed by atoms with van der Waals surface area (Å²) in [6, 6.07) is 13.8. The average molecular weight is 558 g/mol. The van der Waals surface area contributed by atoms with Crippen LogP contribution in [0.5, 0.6) is 0 Å². The summed E-state index contributed by atoms with van der Waals surface area (Å²) in [5.41, 5.74) is 13.3. The second kappa shape index (κ2) is 9.90. The van der Waals surface area contributed by atoms with Crippen molar-refractivity contribution in [3.05, 3.63) is 94.9 Å². The van der Waals surface area contributed by atoms with Crippen LogP contribution in [0.1, 0.15) is 74.4 Å². The van der Waals surface area contributed by atoms with Crippen LogP contribution in [0.4, 0.5) is 0 Å². The van der Waals surface area contributed by atoms with Crippen molar-refractivity contribution in [2.75, 3.05) is 13.1 Å². The normalized spacial score (nSPS) is 23.1. The minimum atomic E-state index is 0.00622. The predicted molar refractivity (Wildman–Crippen MR) is 167 cm³/mol. The molecule has 0 unspecified atom stereocenters. The molecule has 2 aromatic carbocycles. The minimum Gasteiger partial charge on any atom is -0.340 e. The Balaban J connectivity index is 1.12. The van der Waals surface area contributed by atoms with E-state index in [9.17, 15) is 0 Å². The number of rotatable bonds is 5. The predicted octanol–water partition coefficient (Wildman–Crippen LogP) is 6.56.